The first-order chi connectivity index (χ1) is 16.4. The van der Waals surface area contributed by atoms with E-state index in [0.717, 1.165) is 34.7 Å². The Balaban J connectivity index is 1.39. The van der Waals surface area contributed by atoms with Crippen molar-refractivity contribution in [3.05, 3.63) is 77.1 Å². The number of piperidine rings is 1. The van der Waals surface area contributed by atoms with Gasteiger partial charge in [0.1, 0.15) is 17.2 Å². The molecular weight excluding hydrogens is 428 g/mol. The first-order valence-corrected chi connectivity index (χ1v) is 11.9. The fraction of sp³-hybridized carbons (Fsp3) is 0.370. The molecule has 2 aliphatic heterocycles. The number of carbonyl (C=O) groups excluding carboxylic acids is 2. The number of amides is 2. The van der Waals surface area contributed by atoms with Gasteiger partial charge in [-0.3, -0.25) is 14.3 Å². The third-order valence-corrected chi connectivity index (χ3v) is 6.98. The summed E-state index contributed by atoms with van der Waals surface area (Å²) in [5.74, 6) is 1.60. The third kappa shape index (κ3) is 4.42. The van der Waals surface area contributed by atoms with E-state index in [1.54, 1.807) is 11.7 Å². The smallest absolute Gasteiger partial charge is 0.272 e. The Hall–Kier alpha value is -3.61. The lowest BCUT2D eigenvalue weighted by molar-refractivity contribution is -0.133. The molecule has 2 amide bonds. The van der Waals surface area contributed by atoms with Crippen molar-refractivity contribution in [2.75, 3.05) is 19.6 Å². The van der Waals surface area contributed by atoms with E-state index in [1.165, 1.54) is 0 Å². The average molecular weight is 459 g/mol. The summed E-state index contributed by atoms with van der Waals surface area (Å²) >= 11 is 0. The molecule has 3 heterocycles. The third-order valence-electron chi connectivity index (χ3n) is 6.98. The number of benzene rings is 2. The molecule has 0 unspecified atom stereocenters. The number of nitrogens with zero attached hydrogens (tertiary/aromatic N) is 3. The highest BCUT2D eigenvalue weighted by molar-refractivity contribution is 5.93. The van der Waals surface area contributed by atoms with Crippen LogP contribution >= 0.6 is 0 Å². The Bertz CT molecular complexity index is 1220. The average Bonchev–Trinajstić information content (AvgIpc) is 3.17. The van der Waals surface area contributed by atoms with Crippen LogP contribution in [0.25, 0.3) is 0 Å². The Morgan fingerprint density at radius 2 is 1.71 bits per heavy atom. The number of aromatic nitrogens is 2. The van der Waals surface area contributed by atoms with E-state index in [9.17, 15) is 9.59 Å². The molecule has 7 heteroatoms. The van der Waals surface area contributed by atoms with Crippen molar-refractivity contribution in [1.29, 1.82) is 0 Å². The van der Waals surface area contributed by atoms with E-state index in [-0.39, 0.29) is 11.8 Å². The van der Waals surface area contributed by atoms with Crippen molar-refractivity contribution in [3.8, 4) is 11.5 Å². The Kier molecular flexibility index (Phi) is 5.86. The number of fused-ring (bicyclic) bond motifs is 4. The fourth-order valence-corrected chi connectivity index (χ4v) is 5.11. The number of aryl methyl sites for hydroxylation is 2. The molecule has 1 aromatic heterocycles. The largest absolute Gasteiger partial charge is 0.457 e. The minimum Gasteiger partial charge on any atom is -0.457 e. The monoisotopic (exact) mass is 458 g/mol. The van der Waals surface area contributed by atoms with Crippen LogP contribution in [0.2, 0.25) is 0 Å². The first kappa shape index (κ1) is 22.2. The molecule has 34 heavy (non-hydrogen) atoms. The van der Waals surface area contributed by atoms with Gasteiger partial charge in [-0.2, -0.15) is 5.10 Å². The van der Waals surface area contributed by atoms with Crippen LogP contribution in [0.5, 0.6) is 11.5 Å². The van der Waals surface area contributed by atoms with Crippen LogP contribution in [0.1, 0.15) is 40.2 Å². The van der Waals surface area contributed by atoms with Crippen LogP contribution in [-0.2, 0) is 24.7 Å². The van der Waals surface area contributed by atoms with Gasteiger partial charge in [0.2, 0.25) is 5.91 Å². The van der Waals surface area contributed by atoms with Gasteiger partial charge in [0, 0.05) is 26.7 Å². The lowest BCUT2D eigenvalue weighted by Gasteiger charge is -2.41. The molecule has 0 atom stereocenters. The summed E-state index contributed by atoms with van der Waals surface area (Å²) in [5, 5.41) is 7.49. The highest BCUT2D eigenvalue weighted by Crippen LogP contribution is 2.37. The molecule has 2 aromatic carbocycles. The van der Waals surface area contributed by atoms with Gasteiger partial charge in [-0.25, -0.2) is 0 Å². The maximum absolute atomic E-state index is 13.6. The number of nitrogens with one attached hydrogen (secondary N) is 1. The van der Waals surface area contributed by atoms with Gasteiger partial charge in [0.25, 0.3) is 5.91 Å². The Labute approximate surface area is 199 Å². The molecule has 5 rings (SSSR count). The van der Waals surface area contributed by atoms with E-state index in [2.05, 4.69) is 16.5 Å². The van der Waals surface area contributed by atoms with Crippen molar-refractivity contribution >= 4 is 11.8 Å². The molecule has 176 valence electrons. The standard InChI is InChI=1S/C27H30N4O3/c1-19-15-24(30(2)29-19)25(32)31-13-10-27(11-14-31)18-21-6-4-8-23(17-21)34-22-7-3-5-20(16-22)9-12-28-26(27)33/h3-8,15-17H,9-14,18H2,1-2H3,(H,28,33). The summed E-state index contributed by atoms with van der Waals surface area (Å²) in [6.45, 7) is 3.52. The van der Waals surface area contributed by atoms with Gasteiger partial charge in [-0.05, 0) is 74.1 Å². The molecule has 4 bridgehead atoms. The number of hydrogen-bond acceptors (Lipinski definition) is 4. The number of likely N-dealkylation sites (tertiary alicyclic amines) is 1. The zero-order valence-corrected chi connectivity index (χ0v) is 19.7. The van der Waals surface area contributed by atoms with Crippen LogP contribution in [0.15, 0.2) is 54.6 Å². The molecular formula is C27H30N4O3. The van der Waals surface area contributed by atoms with E-state index in [4.69, 9.17) is 4.74 Å². The molecule has 1 saturated heterocycles. The summed E-state index contributed by atoms with van der Waals surface area (Å²) in [5.41, 5.74) is 3.02. The topological polar surface area (TPSA) is 76.5 Å². The van der Waals surface area contributed by atoms with Gasteiger partial charge < -0.3 is 15.0 Å². The second kappa shape index (κ2) is 8.97. The Morgan fingerprint density at radius 3 is 2.38 bits per heavy atom. The lowest BCUT2D eigenvalue weighted by atomic mass is 9.72. The lowest BCUT2D eigenvalue weighted by Crippen LogP contribution is -2.51. The van der Waals surface area contributed by atoms with E-state index in [1.807, 2.05) is 60.4 Å². The van der Waals surface area contributed by atoms with Gasteiger partial charge in [0.15, 0.2) is 0 Å². The Morgan fingerprint density at radius 1 is 1.03 bits per heavy atom. The molecule has 7 nitrogen and oxygen atoms in total. The summed E-state index contributed by atoms with van der Waals surface area (Å²) in [6, 6.07) is 17.8. The van der Waals surface area contributed by atoms with Crippen LogP contribution in [0, 0.1) is 12.3 Å². The molecule has 1 N–H and O–H groups in total. The van der Waals surface area contributed by atoms with Crippen molar-refractivity contribution in [3.63, 3.8) is 0 Å². The SMILES string of the molecule is Cc1cc(C(=O)N2CCC3(CC2)Cc2cccc(c2)Oc2cccc(c2)CCNC3=O)n(C)n1. The maximum atomic E-state index is 13.6. The minimum absolute atomic E-state index is 0.0299. The first-order valence-electron chi connectivity index (χ1n) is 11.9. The van der Waals surface area contributed by atoms with Gasteiger partial charge in [-0.15, -0.1) is 0 Å². The molecule has 1 fully saturated rings. The van der Waals surface area contributed by atoms with Crippen molar-refractivity contribution < 1.29 is 14.3 Å². The van der Waals surface area contributed by atoms with Gasteiger partial charge >= 0.3 is 0 Å². The van der Waals surface area contributed by atoms with E-state index < -0.39 is 5.41 Å². The predicted octanol–water partition coefficient (Wildman–Crippen LogP) is 3.66. The maximum Gasteiger partial charge on any atom is 0.272 e. The molecule has 3 aromatic rings. The predicted molar refractivity (Wildman–Crippen MR) is 129 cm³/mol. The van der Waals surface area contributed by atoms with Gasteiger partial charge in [0.05, 0.1) is 11.1 Å². The molecule has 2 aliphatic rings. The molecule has 0 saturated carbocycles. The number of carbonyl (C=O) groups is 2. The van der Waals surface area contributed by atoms with Crippen molar-refractivity contribution in [2.45, 2.75) is 32.6 Å². The second-order valence-electron chi connectivity index (χ2n) is 9.45. The number of ether oxygens (including phenoxy) is 1. The minimum atomic E-state index is -0.565. The van der Waals surface area contributed by atoms with Crippen LogP contribution in [0.4, 0.5) is 0 Å². The molecule has 0 aliphatic carbocycles. The highest BCUT2D eigenvalue weighted by atomic mass is 16.5. The number of hydrogen-bond donors (Lipinski definition) is 1. The van der Waals surface area contributed by atoms with Crippen molar-refractivity contribution in [2.24, 2.45) is 12.5 Å². The van der Waals surface area contributed by atoms with Crippen LogP contribution < -0.4 is 10.1 Å². The van der Waals surface area contributed by atoms with Crippen molar-refractivity contribution in [1.82, 2.24) is 20.0 Å². The van der Waals surface area contributed by atoms with Crippen LogP contribution in [0.3, 0.4) is 0 Å². The number of rotatable bonds is 1. The van der Waals surface area contributed by atoms with Crippen LogP contribution in [-0.4, -0.2) is 46.1 Å². The second-order valence-corrected chi connectivity index (χ2v) is 9.45. The summed E-state index contributed by atoms with van der Waals surface area (Å²) < 4.78 is 7.75. The van der Waals surface area contributed by atoms with E-state index in [0.29, 0.717) is 44.6 Å². The molecule has 0 radical (unpaired) electrons. The van der Waals surface area contributed by atoms with E-state index >= 15 is 0 Å². The quantitative estimate of drug-likeness (QED) is 0.604. The summed E-state index contributed by atoms with van der Waals surface area (Å²) in [6.07, 6.45) is 2.57. The normalized spacial score (nSPS) is 17.7. The highest BCUT2D eigenvalue weighted by Gasteiger charge is 2.42. The zero-order chi connectivity index (χ0) is 23.7. The fourth-order valence-electron chi connectivity index (χ4n) is 5.11. The summed E-state index contributed by atoms with van der Waals surface area (Å²) in [7, 11) is 1.79. The van der Waals surface area contributed by atoms with Gasteiger partial charge in [-0.1, -0.05) is 24.3 Å². The summed E-state index contributed by atoms with van der Waals surface area (Å²) in [4.78, 5) is 28.5. The molecule has 1 spiro atoms. The zero-order valence-electron chi connectivity index (χ0n) is 19.7.